The van der Waals surface area contributed by atoms with Gasteiger partial charge in [-0.3, -0.25) is 4.79 Å². The summed E-state index contributed by atoms with van der Waals surface area (Å²) in [7, 11) is 0. The number of nitrogens with zero attached hydrogens (tertiary/aromatic N) is 5. The predicted molar refractivity (Wildman–Crippen MR) is 95.3 cm³/mol. The summed E-state index contributed by atoms with van der Waals surface area (Å²) in [5.41, 5.74) is 0.792. The van der Waals surface area contributed by atoms with E-state index in [-0.39, 0.29) is 30.0 Å². The molecule has 1 unspecified atom stereocenters. The van der Waals surface area contributed by atoms with Crippen molar-refractivity contribution in [1.29, 1.82) is 0 Å². The first-order chi connectivity index (χ1) is 12.7. The van der Waals surface area contributed by atoms with Crippen molar-refractivity contribution in [3.05, 3.63) is 64.1 Å². The summed E-state index contributed by atoms with van der Waals surface area (Å²) >= 11 is 1.57. The Morgan fingerprint density at radius 3 is 3.00 bits per heavy atom. The van der Waals surface area contributed by atoms with Crippen molar-refractivity contribution in [3.8, 4) is 0 Å². The zero-order chi connectivity index (χ0) is 17.9. The highest BCUT2D eigenvalue weighted by molar-refractivity contribution is 7.09. The van der Waals surface area contributed by atoms with Gasteiger partial charge in [-0.05, 0) is 25.3 Å². The summed E-state index contributed by atoms with van der Waals surface area (Å²) in [4.78, 5) is 19.2. The Morgan fingerprint density at radius 2 is 2.19 bits per heavy atom. The molecule has 2 aromatic heterocycles. The quantitative estimate of drug-likeness (QED) is 0.706. The van der Waals surface area contributed by atoms with Crippen LogP contribution in [0.3, 0.4) is 0 Å². The number of rotatable bonds is 4. The van der Waals surface area contributed by atoms with Crippen molar-refractivity contribution in [2.75, 3.05) is 6.54 Å². The standard InChI is InChI=1S/C18H18FN5OS/c19-14-6-2-1-5-13(14)11-23-12-15(21-22-23)18(25)24-9-4-3-7-16(24)17-20-8-10-26-17/h1-2,5-6,8,10,12,16H,3-4,7,9,11H2. The number of carbonyl (C=O) groups is 1. The van der Waals surface area contributed by atoms with Crippen molar-refractivity contribution < 1.29 is 9.18 Å². The number of benzene rings is 1. The van der Waals surface area contributed by atoms with Crippen LogP contribution in [-0.4, -0.2) is 37.3 Å². The van der Waals surface area contributed by atoms with E-state index in [2.05, 4.69) is 15.3 Å². The summed E-state index contributed by atoms with van der Waals surface area (Å²) in [6.07, 6.45) is 6.30. The third-order valence-corrected chi connectivity index (χ3v) is 5.42. The van der Waals surface area contributed by atoms with Crippen LogP contribution < -0.4 is 0 Å². The van der Waals surface area contributed by atoms with Crippen LogP contribution in [0.5, 0.6) is 0 Å². The Kier molecular flexibility index (Phi) is 4.75. The maximum atomic E-state index is 13.8. The number of piperidine rings is 1. The smallest absolute Gasteiger partial charge is 0.276 e. The van der Waals surface area contributed by atoms with Crippen LogP contribution in [-0.2, 0) is 6.54 Å². The summed E-state index contributed by atoms with van der Waals surface area (Å²) in [6, 6.07) is 6.51. The minimum Gasteiger partial charge on any atom is -0.328 e. The Morgan fingerprint density at radius 1 is 1.31 bits per heavy atom. The number of thiazole rings is 1. The minimum absolute atomic E-state index is 0.00651. The van der Waals surface area contributed by atoms with E-state index in [4.69, 9.17) is 0 Å². The zero-order valence-electron chi connectivity index (χ0n) is 14.1. The molecule has 6 nitrogen and oxygen atoms in total. The van der Waals surface area contributed by atoms with E-state index in [1.54, 1.807) is 41.9 Å². The van der Waals surface area contributed by atoms with E-state index in [1.165, 1.54) is 10.7 Å². The molecule has 0 bridgehead atoms. The van der Waals surface area contributed by atoms with E-state index >= 15 is 0 Å². The molecule has 1 atom stereocenters. The van der Waals surface area contributed by atoms with Crippen molar-refractivity contribution in [2.24, 2.45) is 0 Å². The summed E-state index contributed by atoms with van der Waals surface area (Å²) < 4.78 is 15.3. The average Bonchev–Trinajstić information content (AvgIpc) is 3.35. The zero-order valence-corrected chi connectivity index (χ0v) is 14.9. The lowest BCUT2D eigenvalue weighted by Crippen LogP contribution is -2.38. The molecule has 8 heteroatoms. The lowest BCUT2D eigenvalue weighted by Gasteiger charge is -2.33. The normalized spacial score (nSPS) is 17.4. The molecule has 1 aliphatic rings. The molecule has 0 N–H and O–H groups in total. The van der Waals surface area contributed by atoms with Crippen molar-refractivity contribution in [2.45, 2.75) is 31.8 Å². The number of carbonyl (C=O) groups excluding carboxylic acids is 1. The molecule has 1 fully saturated rings. The molecule has 134 valence electrons. The van der Waals surface area contributed by atoms with Crippen LogP contribution in [0, 0.1) is 5.82 Å². The molecule has 3 aromatic rings. The van der Waals surface area contributed by atoms with E-state index < -0.39 is 0 Å². The number of aromatic nitrogens is 4. The summed E-state index contributed by atoms with van der Waals surface area (Å²) in [5, 5.41) is 10.9. The van der Waals surface area contributed by atoms with Crippen molar-refractivity contribution in [3.63, 3.8) is 0 Å². The number of hydrogen-bond donors (Lipinski definition) is 0. The van der Waals surface area contributed by atoms with E-state index in [1.807, 2.05) is 10.3 Å². The van der Waals surface area contributed by atoms with Gasteiger partial charge in [0.25, 0.3) is 5.91 Å². The summed E-state index contributed by atoms with van der Waals surface area (Å²) in [5.74, 6) is -0.444. The fraction of sp³-hybridized carbons (Fsp3) is 0.333. The highest BCUT2D eigenvalue weighted by Crippen LogP contribution is 2.32. The monoisotopic (exact) mass is 371 g/mol. The SMILES string of the molecule is O=C(c1cn(Cc2ccccc2F)nn1)N1CCCCC1c1nccs1. The van der Waals surface area contributed by atoms with Gasteiger partial charge in [0.2, 0.25) is 0 Å². The maximum Gasteiger partial charge on any atom is 0.276 e. The molecule has 1 aromatic carbocycles. The van der Waals surface area contributed by atoms with Gasteiger partial charge in [-0.25, -0.2) is 14.1 Å². The predicted octanol–water partition coefficient (Wildman–Crippen LogP) is 3.29. The van der Waals surface area contributed by atoms with Gasteiger partial charge in [0, 0.05) is 23.7 Å². The molecule has 0 radical (unpaired) electrons. The first-order valence-corrected chi connectivity index (χ1v) is 9.44. The minimum atomic E-state index is -0.296. The second-order valence-electron chi connectivity index (χ2n) is 6.27. The highest BCUT2D eigenvalue weighted by Gasteiger charge is 2.31. The maximum absolute atomic E-state index is 13.8. The van der Waals surface area contributed by atoms with Gasteiger partial charge in [-0.15, -0.1) is 16.4 Å². The van der Waals surface area contributed by atoms with Gasteiger partial charge in [-0.2, -0.15) is 0 Å². The van der Waals surface area contributed by atoms with Gasteiger partial charge in [0.15, 0.2) is 5.69 Å². The fourth-order valence-corrected chi connectivity index (χ4v) is 4.04. The second kappa shape index (κ2) is 7.33. The molecular formula is C18H18FN5OS. The second-order valence-corrected chi connectivity index (χ2v) is 7.20. The van der Waals surface area contributed by atoms with Crippen LogP contribution in [0.4, 0.5) is 4.39 Å². The van der Waals surface area contributed by atoms with E-state index in [0.717, 1.165) is 24.3 Å². The van der Waals surface area contributed by atoms with Gasteiger partial charge < -0.3 is 4.90 Å². The summed E-state index contributed by atoms with van der Waals surface area (Å²) in [6.45, 7) is 0.923. The van der Waals surface area contributed by atoms with Crippen LogP contribution in [0.1, 0.15) is 46.4 Å². The molecule has 3 heterocycles. The van der Waals surface area contributed by atoms with Crippen LogP contribution in [0.2, 0.25) is 0 Å². The van der Waals surface area contributed by atoms with Crippen LogP contribution >= 0.6 is 11.3 Å². The third kappa shape index (κ3) is 3.37. The van der Waals surface area contributed by atoms with Crippen molar-refractivity contribution >= 4 is 17.2 Å². The first kappa shape index (κ1) is 16.8. The average molecular weight is 371 g/mol. The van der Waals surface area contributed by atoms with Crippen molar-refractivity contribution in [1.82, 2.24) is 24.9 Å². The largest absolute Gasteiger partial charge is 0.328 e. The lowest BCUT2D eigenvalue weighted by molar-refractivity contribution is 0.0605. The third-order valence-electron chi connectivity index (χ3n) is 4.55. The van der Waals surface area contributed by atoms with Gasteiger partial charge in [0.1, 0.15) is 10.8 Å². The van der Waals surface area contributed by atoms with Crippen LogP contribution in [0.25, 0.3) is 0 Å². The molecule has 1 aliphatic heterocycles. The van der Waals surface area contributed by atoms with Gasteiger partial charge in [0.05, 0.1) is 18.8 Å². The Labute approximate surface area is 154 Å². The van der Waals surface area contributed by atoms with Gasteiger partial charge in [-0.1, -0.05) is 23.4 Å². The molecular weight excluding hydrogens is 353 g/mol. The molecule has 4 rings (SSSR count). The molecule has 1 saturated heterocycles. The lowest BCUT2D eigenvalue weighted by atomic mass is 10.0. The molecule has 1 amide bonds. The molecule has 0 aliphatic carbocycles. The Hall–Kier alpha value is -2.61. The van der Waals surface area contributed by atoms with E-state index in [0.29, 0.717) is 12.1 Å². The number of likely N-dealkylation sites (tertiary alicyclic amines) is 1. The van der Waals surface area contributed by atoms with E-state index in [9.17, 15) is 9.18 Å². The van der Waals surface area contributed by atoms with Gasteiger partial charge >= 0.3 is 0 Å². The molecule has 0 saturated carbocycles. The first-order valence-electron chi connectivity index (χ1n) is 8.56. The topological polar surface area (TPSA) is 63.9 Å². The number of halogens is 1. The highest BCUT2D eigenvalue weighted by atomic mass is 32.1. The molecule has 26 heavy (non-hydrogen) atoms. The number of hydrogen-bond acceptors (Lipinski definition) is 5. The fourth-order valence-electron chi connectivity index (χ4n) is 3.25. The van der Waals surface area contributed by atoms with Crippen LogP contribution in [0.15, 0.2) is 42.0 Å². The Bertz CT molecular complexity index is 895. The number of amides is 1. The molecule has 0 spiro atoms. The Balaban J connectivity index is 1.53.